The number of esters is 3. The third-order valence-electron chi connectivity index (χ3n) is 18.2. The third-order valence-corrected chi connectivity index (χ3v) is 18.2. The lowest BCUT2D eigenvalue weighted by molar-refractivity contribution is 0.0278. The van der Waals surface area contributed by atoms with Gasteiger partial charge in [-0.2, -0.15) is 0 Å². The first-order chi connectivity index (χ1) is 53.8. The Morgan fingerprint density at radius 2 is 0.702 bits per heavy atom. The first kappa shape index (κ1) is 81.9. The van der Waals surface area contributed by atoms with E-state index in [1.54, 1.807) is 90.1 Å². The maximum atomic E-state index is 14.0. The van der Waals surface area contributed by atoms with Crippen molar-refractivity contribution in [2.75, 3.05) is 46.4 Å². The van der Waals surface area contributed by atoms with Gasteiger partial charge in [0.25, 0.3) is 0 Å². The quantitative estimate of drug-likeness (QED) is 0.0350. The molecule has 0 radical (unpaired) electrons. The fraction of sp³-hybridized carbons (Fsp3) is 0.305. The number of likely N-dealkylation sites (tertiary alicyclic amines) is 3. The van der Waals surface area contributed by atoms with Gasteiger partial charge in [-0.1, -0.05) is 54.6 Å². The molecule has 0 spiro atoms. The van der Waals surface area contributed by atoms with Gasteiger partial charge in [-0.05, 0) is 171 Å². The van der Waals surface area contributed by atoms with Crippen molar-refractivity contribution in [1.29, 1.82) is 0 Å². The number of cyclic esters (lactones) is 2. The van der Waals surface area contributed by atoms with Crippen LogP contribution in [0.5, 0.6) is 34.5 Å². The van der Waals surface area contributed by atoms with Crippen LogP contribution in [0, 0.1) is 34.9 Å². The lowest BCUT2D eigenvalue weighted by atomic mass is 10.0. The number of halogens is 6. The molecule has 0 aliphatic carbocycles. The zero-order valence-corrected chi connectivity index (χ0v) is 63.2. The van der Waals surface area contributed by atoms with E-state index in [0.29, 0.717) is 67.7 Å². The smallest absolute Gasteiger partial charge is 0.410 e. The maximum absolute atomic E-state index is 14.0. The van der Waals surface area contributed by atoms with Crippen molar-refractivity contribution >= 4 is 54.1 Å². The first-order valence-electron chi connectivity index (χ1n) is 35.7. The molecule has 6 aromatic carbocycles. The number of aromatic nitrogens is 3. The van der Waals surface area contributed by atoms with E-state index in [1.807, 2.05) is 0 Å². The van der Waals surface area contributed by atoms with Crippen LogP contribution in [0.4, 0.5) is 40.7 Å². The van der Waals surface area contributed by atoms with E-state index in [9.17, 15) is 84.8 Å². The van der Waals surface area contributed by atoms with Crippen molar-refractivity contribution in [3.63, 3.8) is 0 Å². The molecule has 4 aliphatic heterocycles. The van der Waals surface area contributed by atoms with Crippen molar-refractivity contribution in [3.05, 3.63) is 215 Å². The minimum atomic E-state index is -1.44. The summed E-state index contributed by atoms with van der Waals surface area (Å²) < 4.78 is 130. The molecule has 3 amide bonds. The summed E-state index contributed by atoms with van der Waals surface area (Å²) in [6.45, 7) is 17.6. The number of carboxylic acids is 3. The van der Waals surface area contributed by atoms with E-state index in [-0.39, 0.29) is 70.0 Å². The van der Waals surface area contributed by atoms with Crippen LogP contribution in [0.1, 0.15) is 162 Å². The van der Waals surface area contributed by atoms with E-state index >= 15 is 0 Å². The van der Waals surface area contributed by atoms with Gasteiger partial charge in [0.2, 0.25) is 0 Å². The number of aromatic carboxylic acids is 3. The highest BCUT2D eigenvalue weighted by Crippen LogP contribution is 2.42. The number of hydrogen-bond acceptors (Lipinski definition) is 17. The highest BCUT2D eigenvalue weighted by Gasteiger charge is 2.43. The fourth-order valence-corrected chi connectivity index (χ4v) is 13.2. The summed E-state index contributed by atoms with van der Waals surface area (Å²) >= 11 is 0. The van der Waals surface area contributed by atoms with Gasteiger partial charge in [0.15, 0.2) is 52.2 Å². The zero-order valence-electron chi connectivity index (χ0n) is 63.2. The highest BCUT2D eigenvalue weighted by atomic mass is 19.2. The molecule has 114 heavy (non-hydrogen) atoms. The molecule has 0 unspecified atom stereocenters. The van der Waals surface area contributed by atoms with Crippen molar-refractivity contribution in [2.45, 2.75) is 117 Å². The summed E-state index contributed by atoms with van der Waals surface area (Å²) in [5.74, 6) is -13.0. The highest BCUT2D eigenvalue weighted by molar-refractivity contribution is 6.17. The van der Waals surface area contributed by atoms with E-state index in [0.717, 1.165) is 43.5 Å². The Morgan fingerprint density at radius 3 is 1.01 bits per heavy atom. The Labute approximate surface area is 648 Å². The number of hydrogen-bond donors (Lipinski definition) is 3. The molecule has 598 valence electrons. The van der Waals surface area contributed by atoms with Crippen molar-refractivity contribution in [1.82, 2.24) is 28.4 Å². The molecule has 4 aliphatic rings. The predicted molar refractivity (Wildman–Crippen MR) is 395 cm³/mol. The standard InChI is InChI=1S/C28H28F2N2O7.C27H26F2N2O7.C27H24F2N2O6/c1-28(2,3)39-27(36)31-13-12-17(14-31)32-15-19(22(26(35)37-4)23(32)25(33)34)16-8-10-18(11-9-16)38-24-20(29)6-5-7-21(24)30;1-27(2,3)38-26(36)30-12-11-16(13-30)31-14-18(21(24(32)33)22(31)25(34)35)15-7-9-17(10-8-15)37-23-19(28)5-4-6-20(23)29;1-27(2,3)37-26(34)30-12-11-16(13-30)31-14-18(21-22(31)25(33)36-24(21)32)15-7-9-17(10-8-15)35-23-19(28)5-4-6-20(23)29/h5-11,15,17H,12-14H2,1-4H3,(H,33,34);4-10,14,16H,11-13H2,1-3H3,(H,32,33)(H,34,35);4-10,14,16H,11-13H2,1-3H3/t17-;2*16-/m111/s1. The van der Waals surface area contributed by atoms with Crippen LogP contribution in [0.25, 0.3) is 33.4 Å². The van der Waals surface area contributed by atoms with Gasteiger partial charge in [-0.25, -0.2) is 69.5 Å². The summed E-state index contributed by atoms with van der Waals surface area (Å²) in [7, 11) is 1.15. The summed E-state index contributed by atoms with van der Waals surface area (Å²) in [5, 5.41) is 29.9. The van der Waals surface area contributed by atoms with Gasteiger partial charge in [-0.15, -0.1) is 0 Å². The summed E-state index contributed by atoms with van der Waals surface area (Å²) in [4.78, 5) is 117. The van der Waals surface area contributed by atoms with Gasteiger partial charge in [0.05, 0.1) is 30.8 Å². The number of nitrogens with zero attached hydrogens (tertiary/aromatic N) is 6. The van der Waals surface area contributed by atoms with Gasteiger partial charge in [0.1, 0.15) is 62.3 Å². The number of carbonyl (C=O) groups is 9. The van der Waals surface area contributed by atoms with Crippen molar-refractivity contribution in [2.24, 2.45) is 0 Å². The molecule has 26 nitrogen and oxygen atoms in total. The van der Waals surface area contributed by atoms with Gasteiger partial charge < -0.3 is 81.6 Å². The average Bonchev–Trinajstić information content (AvgIpc) is 1.57. The Hall–Kier alpha value is -13.0. The molecule has 3 N–H and O–H groups in total. The van der Waals surface area contributed by atoms with Gasteiger partial charge >= 0.3 is 54.1 Å². The number of para-hydroxylation sites is 3. The van der Waals surface area contributed by atoms with Crippen LogP contribution in [0.2, 0.25) is 0 Å². The number of carboxylic acid groups (broad SMARTS) is 3. The monoisotopic (exact) mass is 1580 g/mol. The number of carbonyl (C=O) groups excluding carboxylic acids is 6. The first-order valence-corrected chi connectivity index (χ1v) is 35.7. The molecule has 0 saturated carbocycles. The van der Waals surface area contributed by atoms with Crippen LogP contribution in [-0.2, 0) is 23.7 Å². The molecule has 3 fully saturated rings. The molecule has 13 rings (SSSR count). The Balaban J connectivity index is 0.000000169. The van der Waals surface area contributed by atoms with E-state index in [2.05, 4.69) is 0 Å². The number of methoxy groups -OCH3 is 1. The van der Waals surface area contributed by atoms with Gasteiger partial charge in [0, 0.05) is 74.5 Å². The molecule has 9 aromatic rings. The van der Waals surface area contributed by atoms with Crippen molar-refractivity contribution in [3.8, 4) is 67.9 Å². The number of amides is 3. The Morgan fingerprint density at radius 1 is 0.404 bits per heavy atom. The molecule has 3 saturated heterocycles. The second-order valence-corrected chi connectivity index (χ2v) is 29.7. The molecule has 7 heterocycles. The van der Waals surface area contributed by atoms with Crippen LogP contribution in [-0.4, -0.2) is 161 Å². The fourth-order valence-electron chi connectivity index (χ4n) is 13.2. The summed E-state index contributed by atoms with van der Waals surface area (Å²) in [6.07, 6.45) is 4.56. The van der Waals surface area contributed by atoms with Gasteiger partial charge in [-0.3, -0.25) is 0 Å². The third kappa shape index (κ3) is 18.4. The van der Waals surface area contributed by atoms with E-state index < -0.39 is 146 Å². The predicted octanol–water partition coefficient (Wildman–Crippen LogP) is 17.4. The lowest BCUT2D eigenvalue weighted by Gasteiger charge is -2.24. The minimum Gasteiger partial charge on any atom is -0.478 e. The van der Waals surface area contributed by atoms with Crippen molar-refractivity contribution < 1.29 is 123 Å². The molecular formula is C82H78F6N6O20. The SMILES string of the molecule is CC(C)(C)OC(=O)N1CC[C@@H](n2cc(-c3ccc(Oc4c(F)cccc4F)cc3)c(C(=O)O)c2C(=O)O)C1.CC(C)(C)OC(=O)N1CC[C@@H](n2cc(-c3ccc(Oc4c(F)cccc4F)cc3)c3c2C(=O)OC3=O)C1.COC(=O)c1c(-c2ccc(Oc3c(F)cccc3F)cc2)cn([C@@H]2CCN(C(=O)OC(C)(C)C)C2)c1C(=O)O. The Kier molecular flexibility index (Phi) is 23.8. The van der Waals surface area contributed by atoms with Crippen LogP contribution in [0.3, 0.4) is 0 Å². The molecule has 3 atom stereocenters. The minimum absolute atomic E-state index is 0.0938. The number of ether oxygens (including phenoxy) is 8. The number of fused-ring (bicyclic) bond motifs is 1. The summed E-state index contributed by atoms with van der Waals surface area (Å²) in [5.41, 5.74) is -0.786. The van der Waals surface area contributed by atoms with Crippen LogP contribution < -0.4 is 14.2 Å². The molecular weight excluding hydrogens is 1500 g/mol. The summed E-state index contributed by atoms with van der Waals surface area (Å²) in [6, 6.07) is 26.8. The maximum Gasteiger partial charge on any atom is 0.410 e. The normalized spacial score (nSPS) is 15.9. The second-order valence-electron chi connectivity index (χ2n) is 29.7. The molecule has 0 bridgehead atoms. The Bertz CT molecular complexity index is 5170. The largest absolute Gasteiger partial charge is 0.478 e. The topological polar surface area (TPSA) is 313 Å². The zero-order chi connectivity index (χ0) is 82.7. The van der Waals surface area contributed by atoms with E-state index in [4.69, 9.17) is 37.9 Å². The molecule has 3 aromatic heterocycles. The lowest BCUT2D eigenvalue weighted by Crippen LogP contribution is -2.35. The molecule has 32 heteroatoms. The van der Waals surface area contributed by atoms with Crippen LogP contribution >= 0.6 is 0 Å². The number of benzene rings is 6. The average molecular weight is 1580 g/mol. The number of rotatable bonds is 16. The van der Waals surface area contributed by atoms with Crippen LogP contribution in [0.15, 0.2) is 146 Å². The van der Waals surface area contributed by atoms with E-state index in [1.165, 1.54) is 110 Å². The second kappa shape index (κ2) is 33.1.